The van der Waals surface area contributed by atoms with Crippen molar-refractivity contribution in [2.45, 2.75) is 0 Å². The van der Waals surface area contributed by atoms with Gasteiger partial charge in [-0.1, -0.05) is 218 Å². The van der Waals surface area contributed by atoms with Crippen LogP contribution in [-0.2, 0) is 0 Å². The molecular formula is C62H38N4O2. The zero-order chi connectivity index (χ0) is 45.0. The van der Waals surface area contributed by atoms with Gasteiger partial charge in [0.1, 0.15) is 11.2 Å². The fraction of sp³-hybridized carbons (Fsp3) is 0. The van der Waals surface area contributed by atoms with E-state index in [1.165, 1.54) is 0 Å². The van der Waals surface area contributed by atoms with Gasteiger partial charge in [-0.25, -0.2) is 9.97 Å². The van der Waals surface area contributed by atoms with Gasteiger partial charge >= 0.3 is 0 Å². The van der Waals surface area contributed by atoms with Crippen molar-refractivity contribution >= 4 is 44.1 Å². The molecule has 0 amide bonds. The molecule has 0 spiro atoms. The third-order valence-electron chi connectivity index (χ3n) is 12.8. The standard InChI is InChI=1S/C62H38N4O2/c1-3-17-39(18-4-1)41-31-35-43(36-32-41)59-63-57(55-51-27-13-15-29-53(51)67-61(55)65-59)49-25-11-9-23-47(49)45-21-7-8-22-46(45)48-24-10-12-26-50(48)58-56-52-28-14-16-30-54(52)68-62(56)66-60(64-58)44-37-33-42(34-38-44)40-19-5-2-6-20-40/h1-38H. The predicted molar refractivity (Wildman–Crippen MR) is 276 cm³/mol. The molecule has 318 valence electrons. The first-order valence-corrected chi connectivity index (χ1v) is 22.7. The minimum atomic E-state index is 0.539. The molecule has 0 saturated heterocycles. The molecule has 0 saturated carbocycles. The van der Waals surface area contributed by atoms with Crippen LogP contribution in [0.15, 0.2) is 239 Å². The molecule has 0 atom stereocenters. The molecule has 13 aromatic rings. The predicted octanol–water partition coefficient (Wildman–Crippen LogP) is 16.4. The van der Waals surface area contributed by atoms with Gasteiger partial charge in [-0.2, -0.15) is 9.97 Å². The first kappa shape index (κ1) is 39.1. The molecule has 13 rings (SSSR count). The summed E-state index contributed by atoms with van der Waals surface area (Å²) in [5, 5.41) is 3.66. The number of aromatic nitrogens is 4. The molecule has 4 heterocycles. The summed E-state index contributed by atoms with van der Waals surface area (Å²) in [6.45, 7) is 0. The van der Waals surface area contributed by atoms with E-state index in [1.807, 2.05) is 48.5 Å². The second-order valence-corrected chi connectivity index (χ2v) is 16.9. The molecule has 0 aliphatic rings. The van der Waals surface area contributed by atoms with E-state index in [0.717, 1.165) is 111 Å². The van der Waals surface area contributed by atoms with Gasteiger partial charge in [-0.3, -0.25) is 0 Å². The first-order valence-electron chi connectivity index (χ1n) is 22.7. The van der Waals surface area contributed by atoms with Crippen LogP contribution in [0.2, 0.25) is 0 Å². The zero-order valence-corrected chi connectivity index (χ0v) is 36.5. The molecule has 0 aliphatic carbocycles. The Hall–Kier alpha value is -9.26. The number of fused-ring (bicyclic) bond motifs is 6. The zero-order valence-electron chi connectivity index (χ0n) is 36.5. The summed E-state index contributed by atoms with van der Waals surface area (Å²) in [6.07, 6.45) is 0. The van der Waals surface area contributed by atoms with E-state index in [4.69, 9.17) is 28.8 Å². The molecule has 0 N–H and O–H groups in total. The maximum Gasteiger partial charge on any atom is 0.231 e. The summed E-state index contributed by atoms with van der Waals surface area (Å²) in [5.41, 5.74) is 16.6. The maximum absolute atomic E-state index is 6.53. The van der Waals surface area contributed by atoms with Crippen LogP contribution in [0.5, 0.6) is 0 Å². The van der Waals surface area contributed by atoms with E-state index in [0.29, 0.717) is 23.1 Å². The van der Waals surface area contributed by atoms with Crippen molar-refractivity contribution in [3.05, 3.63) is 231 Å². The normalized spacial score (nSPS) is 11.5. The Labute approximate surface area is 391 Å². The second-order valence-electron chi connectivity index (χ2n) is 16.9. The Morgan fingerprint density at radius 2 is 0.529 bits per heavy atom. The van der Waals surface area contributed by atoms with Gasteiger partial charge in [0.25, 0.3) is 0 Å². The molecule has 6 heteroatoms. The summed E-state index contributed by atoms with van der Waals surface area (Å²) >= 11 is 0. The highest BCUT2D eigenvalue weighted by Gasteiger charge is 2.24. The number of furan rings is 2. The highest BCUT2D eigenvalue weighted by molar-refractivity contribution is 6.14. The molecule has 0 radical (unpaired) electrons. The van der Waals surface area contributed by atoms with Crippen LogP contribution in [-0.4, -0.2) is 19.9 Å². The van der Waals surface area contributed by atoms with Gasteiger partial charge < -0.3 is 8.83 Å². The van der Waals surface area contributed by atoms with Crippen molar-refractivity contribution in [1.29, 1.82) is 0 Å². The maximum atomic E-state index is 6.53. The average Bonchev–Trinajstić information content (AvgIpc) is 4.00. The Kier molecular flexibility index (Phi) is 9.39. The van der Waals surface area contributed by atoms with Gasteiger partial charge in [0, 0.05) is 33.0 Å². The Balaban J connectivity index is 0.986. The van der Waals surface area contributed by atoms with Gasteiger partial charge in [0.05, 0.1) is 22.2 Å². The minimum Gasteiger partial charge on any atom is -0.438 e. The number of hydrogen-bond acceptors (Lipinski definition) is 6. The van der Waals surface area contributed by atoms with Crippen molar-refractivity contribution in [2.75, 3.05) is 0 Å². The number of hydrogen-bond donors (Lipinski definition) is 0. The van der Waals surface area contributed by atoms with Gasteiger partial charge in [-0.05, 0) is 56.6 Å². The fourth-order valence-corrected chi connectivity index (χ4v) is 9.58. The largest absolute Gasteiger partial charge is 0.438 e. The van der Waals surface area contributed by atoms with Crippen LogP contribution < -0.4 is 0 Å². The summed E-state index contributed by atoms with van der Waals surface area (Å²) in [6, 6.07) is 79.5. The van der Waals surface area contributed by atoms with Crippen LogP contribution in [0.1, 0.15) is 0 Å². The molecule has 0 aliphatic heterocycles. The number of rotatable bonds is 8. The SMILES string of the molecule is c1ccc(-c2ccc(-c3nc(-c4ccccc4-c4ccccc4-c4ccccc4-c4nc(-c5ccc(-c6ccccc6)cc5)nc5oc6ccccc6c45)c4c(n3)oc3ccccc34)cc2)cc1. The molecule has 0 unspecified atom stereocenters. The summed E-state index contributed by atoms with van der Waals surface area (Å²) in [5.74, 6) is 1.18. The van der Waals surface area contributed by atoms with Crippen LogP contribution in [0, 0.1) is 0 Å². The monoisotopic (exact) mass is 870 g/mol. The molecule has 0 fully saturated rings. The van der Waals surface area contributed by atoms with Crippen molar-refractivity contribution in [2.24, 2.45) is 0 Å². The van der Waals surface area contributed by atoms with Gasteiger partial charge in [0.15, 0.2) is 11.6 Å². The van der Waals surface area contributed by atoms with E-state index in [-0.39, 0.29) is 0 Å². The van der Waals surface area contributed by atoms with E-state index in [2.05, 4.69) is 182 Å². The van der Waals surface area contributed by atoms with Crippen LogP contribution in [0.4, 0.5) is 0 Å². The van der Waals surface area contributed by atoms with Gasteiger partial charge in [-0.15, -0.1) is 0 Å². The lowest BCUT2D eigenvalue weighted by Gasteiger charge is -2.18. The lowest BCUT2D eigenvalue weighted by Crippen LogP contribution is -1.97. The molecule has 9 aromatic carbocycles. The van der Waals surface area contributed by atoms with E-state index < -0.39 is 0 Å². The number of benzene rings is 9. The van der Waals surface area contributed by atoms with Crippen molar-refractivity contribution in [1.82, 2.24) is 19.9 Å². The molecule has 0 bridgehead atoms. The Morgan fingerprint density at radius 1 is 0.235 bits per heavy atom. The minimum absolute atomic E-state index is 0.539. The third kappa shape index (κ3) is 6.74. The summed E-state index contributed by atoms with van der Waals surface area (Å²) in [4.78, 5) is 21.0. The highest BCUT2D eigenvalue weighted by Crippen LogP contribution is 2.46. The number of para-hydroxylation sites is 2. The highest BCUT2D eigenvalue weighted by atomic mass is 16.3. The van der Waals surface area contributed by atoms with Crippen molar-refractivity contribution in [3.63, 3.8) is 0 Å². The second kappa shape index (κ2) is 16.3. The molecule has 6 nitrogen and oxygen atoms in total. The van der Waals surface area contributed by atoms with E-state index in [9.17, 15) is 0 Å². The summed E-state index contributed by atoms with van der Waals surface area (Å²) < 4.78 is 13.1. The lowest BCUT2D eigenvalue weighted by molar-refractivity contribution is 0.653. The van der Waals surface area contributed by atoms with E-state index >= 15 is 0 Å². The lowest BCUT2D eigenvalue weighted by atomic mass is 9.87. The van der Waals surface area contributed by atoms with Crippen molar-refractivity contribution in [3.8, 4) is 89.8 Å². The van der Waals surface area contributed by atoms with Crippen LogP contribution in [0.25, 0.3) is 134 Å². The number of nitrogens with zero attached hydrogens (tertiary/aromatic N) is 4. The molecule has 4 aromatic heterocycles. The van der Waals surface area contributed by atoms with Crippen molar-refractivity contribution < 1.29 is 8.83 Å². The Morgan fingerprint density at radius 3 is 0.926 bits per heavy atom. The topological polar surface area (TPSA) is 77.8 Å². The molecule has 68 heavy (non-hydrogen) atoms. The Bertz CT molecular complexity index is 3740. The quantitative estimate of drug-likeness (QED) is 0.151. The van der Waals surface area contributed by atoms with Crippen LogP contribution >= 0.6 is 0 Å². The third-order valence-corrected chi connectivity index (χ3v) is 12.8. The summed E-state index contributed by atoms with van der Waals surface area (Å²) in [7, 11) is 0. The fourth-order valence-electron chi connectivity index (χ4n) is 9.58. The smallest absolute Gasteiger partial charge is 0.231 e. The average molecular weight is 871 g/mol. The molecular weight excluding hydrogens is 833 g/mol. The van der Waals surface area contributed by atoms with Crippen LogP contribution in [0.3, 0.4) is 0 Å². The first-order chi connectivity index (χ1) is 33.7. The van der Waals surface area contributed by atoms with E-state index in [1.54, 1.807) is 0 Å². The van der Waals surface area contributed by atoms with Gasteiger partial charge in [0.2, 0.25) is 11.4 Å².